The summed E-state index contributed by atoms with van der Waals surface area (Å²) in [6, 6.07) is 7.90. The Hall–Kier alpha value is -0.860. The average molecular weight is 260 g/mol. The van der Waals surface area contributed by atoms with E-state index in [-0.39, 0.29) is 0 Å². The maximum absolute atomic E-state index is 5.93. The highest BCUT2D eigenvalue weighted by molar-refractivity contribution is 5.32. The molecule has 0 spiro atoms. The molecule has 2 nitrogen and oxygen atoms in total. The molecule has 3 unspecified atom stereocenters. The predicted octanol–water partition coefficient (Wildman–Crippen LogP) is 3.42. The first-order chi connectivity index (χ1) is 9.04. The Morgan fingerprint density at radius 3 is 2.74 bits per heavy atom. The SMILES string of the molecule is Cc1ccc(C)c(C(C)N(C)C2CCCC2CN)c1. The van der Waals surface area contributed by atoms with Gasteiger partial charge in [-0.25, -0.2) is 0 Å². The van der Waals surface area contributed by atoms with Crippen LogP contribution in [-0.4, -0.2) is 24.5 Å². The summed E-state index contributed by atoms with van der Waals surface area (Å²) in [5.41, 5.74) is 10.1. The Balaban J connectivity index is 2.18. The zero-order valence-corrected chi connectivity index (χ0v) is 12.8. The molecule has 3 atom stereocenters. The van der Waals surface area contributed by atoms with Crippen molar-refractivity contribution in [2.45, 2.75) is 52.1 Å². The van der Waals surface area contributed by atoms with E-state index < -0.39 is 0 Å². The van der Waals surface area contributed by atoms with Crippen LogP contribution in [0.4, 0.5) is 0 Å². The van der Waals surface area contributed by atoms with Crippen LogP contribution in [0, 0.1) is 19.8 Å². The zero-order valence-electron chi connectivity index (χ0n) is 12.8. The van der Waals surface area contributed by atoms with Crippen molar-refractivity contribution in [2.24, 2.45) is 11.7 Å². The third-order valence-electron chi connectivity index (χ3n) is 4.94. The van der Waals surface area contributed by atoms with Crippen molar-refractivity contribution < 1.29 is 0 Å². The highest BCUT2D eigenvalue weighted by Crippen LogP contribution is 2.34. The van der Waals surface area contributed by atoms with Gasteiger partial charge in [0, 0.05) is 12.1 Å². The molecule has 1 aliphatic rings. The van der Waals surface area contributed by atoms with Gasteiger partial charge in [0.1, 0.15) is 0 Å². The Morgan fingerprint density at radius 2 is 2.05 bits per heavy atom. The fourth-order valence-corrected chi connectivity index (χ4v) is 3.54. The molecule has 0 aliphatic heterocycles. The molecule has 2 rings (SSSR count). The molecule has 0 saturated heterocycles. The molecule has 1 aromatic carbocycles. The second-order valence-electron chi connectivity index (χ2n) is 6.20. The summed E-state index contributed by atoms with van der Waals surface area (Å²) in [5, 5.41) is 0. The minimum absolute atomic E-state index is 0.469. The smallest absolute Gasteiger partial charge is 0.0322 e. The van der Waals surface area contributed by atoms with Crippen LogP contribution >= 0.6 is 0 Å². The lowest BCUT2D eigenvalue weighted by molar-refractivity contribution is 0.152. The van der Waals surface area contributed by atoms with Gasteiger partial charge >= 0.3 is 0 Å². The van der Waals surface area contributed by atoms with Crippen LogP contribution in [0.1, 0.15) is 48.9 Å². The van der Waals surface area contributed by atoms with Crippen molar-refractivity contribution in [2.75, 3.05) is 13.6 Å². The largest absolute Gasteiger partial charge is 0.330 e. The summed E-state index contributed by atoms with van der Waals surface area (Å²) in [6.45, 7) is 7.55. The molecule has 1 aliphatic carbocycles. The highest BCUT2D eigenvalue weighted by atomic mass is 15.2. The van der Waals surface area contributed by atoms with Gasteiger partial charge in [-0.1, -0.05) is 30.2 Å². The first-order valence-corrected chi connectivity index (χ1v) is 7.53. The van der Waals surface area contributed by atoms with Crippen LogP contribution in [0.3, 0.4) is 0 Å². The van der Waals surface area contributed by atoms with Gasteiger partial charge in [0.05, 0.1) is 0 Å². The Kier molecular flexibility index (Phi) is 4.64. The summed E-state index contributed by atoms with van der Waals surface area (Å²) >= 11 is 0. The summed E-state index contributed by atoms with van der Waals surface area (Å²) in [4.78, 5) is 2.55. The molecular weight excluding hydrogens is 232 g/mol. The fraction of sp³-hybridized carbons (Fsp3) is 0.647. The molecule has 19 heavy (non-hydrogen) atoms. The lowest BCUT2D eigenvalue weighted by Gasteiger charge is -2.35. The molecular formula is C17H28N2. The molecule has 0 aromatic heterocycles. The molecule has 0 radical (unpaired) electrons. The van der Waals surface area contributed by atoms with Crippen molar-refractivity contribution in [1.29, 1.82) is 0 Å². The second-order valence-corrected chi connectivity index (χ2v) is 6.20. The van der Waals surface area contributed by atoms with E-state index in [0.717, 1.165) is 6.54 Å². The molecule has 0 amide bonds. The van der Waals surface area contributed by atoms with Crippen molar-refractivity contribution in [3.05, 3.63) is 34.9 Å². The summed E-state index contributed by atoms with van der Waals surface area (Å²) in [5.74, 6) is 0.678. The molecule has 106 valence electrons. The summed E-state index contributed by atoms with van der Waals surface area (Å²) in [7, 11) is 2.27. The van der Waals surface area contributed by atoms with Crippen molar-refractivity contribution in [3.8, 4) is 0 Å². The lowest BCUT2D eigenvalue weighted by Crippen LogP contribution is -2.39. The van der Waals surface area contributed by atoms with E-state index in [2.05, 4.69) is 50.9 Å². The number of nitrogens with zero attached hydrogens (tertiary/aromatic N) is 1. The molecule has 2 heteroatoms. The number of aryl methyl sites for hydroxylation is 2. The number of hydrogen-bond acceptors (Lipinski definition) is 2. The van der Waals surface area contributed by atoms with Gasteiger partial charge in [0.15, 0.2) is 0 Å². The van der Waals surface area contributed by atoms with Crippen LogP contribution in [0.2, 0.25) is 0 Å². The molecule has 0 bridgehead atoms. The highest BCUT2D eigenvalue weighted by Gasteiger charge is 2.32. The third-order valence-corrected chi connectivity index (χ3v) is 4.94. The van der Waals surface area contributed by atoms with Crippen LogP contribution in [0.15, 0.2) is 18.2 Å². The minimum Gasteiger partial charge on any atom is -0.330 e. The normalized spacial score (nSPS) is 24.9. The number of nitrogens with two attached hydrogens (primary N) is 1. The quantitative estimate of drug-likeness (QED) is 0.898. The topological polar surface area (TPSA) is 29.3 Å². The number of benzene rings is 1. The summed E-state index contributed by atoms with van der Waals surface area (Å²) in [6.07, 6.45) is 3.93. The number of hydrogen-bond donors (Lipinski definition) is 1. The first kappa shape index (κ1) is 14.5. The monoisotopic (exact) mass is 260 g/mol. The van der Waals surface area contributed by atoms with Crippen LogP contribution in [-0.2, 0) is 0 Å². The van der Waals surface area contributed by atoms with Gasteiger partial charge in [-0.05, 0) is 64.3 Å². The van der Waals surface area contributed by atoms with Crippen molar-refractivity contribution >= 4 is 0 Å². The van der Waals surface area contributed by atoms with E-state index in [0.29, 0.717) is 18.0 Å². The second kappa shape index (κ2) is 6.06. The van der Waals surface area contributed by atoms with Gasteiger partial charge in [-0.15, -0.1) is 0 Å². The summed E-state index contributed by atoms with van der Waals surface area (Å²) < 4.78 is 0. The standard InChI is InChI=1S/C17H28N2/c1-12-8-9-13(2)16(10-12)14(3)19(4)17-7-5-6-15(17)11-18/h8-10,14-15,17H,5-7,11,18H2,1-4H3. The van der Waals surface area contributed by atoms with E-state index in [1.165, 1.54) is 36.0 Å². The molecule has 1 saturated carbocycles. The van der Waals surface area contributed by atoms with Crippen LogP contribution in [0.5, 0.6) is 0 Å². The van der Waals surface area contributed by atoms with Crippen molar-refractivity contribution in [3.63, 3.8) is 0 Å². The molecule has 1 aromatic rings. The zero-order chi connectivity index (χ0) is 14.0. The van der Waals surface area contributed by atoms with Gasteiger partial charge in [0.2, 0.25) is 0 Å². The van der Waals surface area contributed by atoms with Gasteiger partial charge < -0.3 is 5.73 Å². The maximum atomic E-state index is 5.93. The molecule has 2 N–H and O–H groups in total. The van der Waals surface area contributed by atoms with Gasteiger partial charge in [-0.3, -0.25) is 4.90 Å². The van der Waals surface area contributed by atoms with Crippen LogP contribution in [0.25, 0.3) is 0 Å². The minimum atomic E-state index is 0.469. The Morgan fingerprint density at radius 1 is 1.32 bits per heavy atom. The fourth-order valence-electron chi connectivity index (χ4n) is 3.54. The third kappa shape index (κ3) is 3.01. The Labute approximate surface area is 118 Å². The lowest BCUT2D eigenvalue weighted by atomic mass is 9.95. The van der Waals surface area contributed by atoms with Crippen molar-refractivity contribution in [1.82, 2.24) is 4.90 Å². The predicted molar refractivity (Wildman–Crippen MR) is 82.3 cm³/mol. The van der Waals surface area contributed by atoms with E-state index in [4.69, 9.17) is 5.73 Å². The molecule has 0 heterocycles. The van der Waals surface area contributed by atoms with E-state index in [9.17, 15) is 0 Å². The number of rotatable bonds is 4. The van der Waals surface area contributed by atoms with E-state index >= 15 is 0 Å². The van der Waals surface area contributed by atoms with Crippen LogP contribution < -0.4 is 5.73 Å². The average Bonchev–Trinajstić information content (AvgIpc) is 2.88. The maximum Gasteiger partial charge on any atom is 0.0322 e. The van der Waals surface area contributed by atoms with Gasteiger partial charge in [0.25, 0.3) is 0 Å². The van der Waals surface area contributed by atoms with E-state index in [1.54, 1.807) is 0 Å². The first-order valence-electron chi connectivity index (χ1n) is 7.53. The molecule has 1 fully saturated rings. The van der Waals surface area contributed by atoms with Gasteiger partial charge in [-0.2, -0.15) is 0 Å². The van der Waals surface area contributed by atoms with E-state index in [1.807, 2.05) is 0 Å². The Bertz CT molecular complexity index is 427.